The molecule has 3 rings (SSSR count). The highest BCUT2D eigenvalue weighted by atomic mass is 35.5. The van der Waals surface area contributed by atoms with Crippen molar-refractivity contribution in [3.05, 3.63) is 70.8 Å². The van der Waals surface area contributed by atoms with Crippen molar-refractivity contribution in [1.29, 1.82) is 0 Å². The van der Waals surface area contributed by atoms with Crippen LogP contribution in [0.4, 0.5) is 23.1 Å². The van der Waals surface area contributed by atoms with Gasteiger partial charge in [-0.05, 0) is 30.3 Å². The molecule has 0 atom stereocenters. The minimum Gasteiger partial charge on any atom is -0.339 e. The van der Waals surface area contributed by atoms with Gasteiger partial charge in [0.2, 0.25) is 5.95 Å². The van der Waals surface area contributed by atoms with E-state index in [-0.39, 0.29) is 0 Å². The van der Waals surface area contributed by atoms with Gasteiger partial charge in [0.05, 0.1) is 15.7 Å². The molecule has 0 amide bonds. The van der Waals surface area contributed by atoms with E-state index in [0.717, 1.165) is 5.69 Å². The molecule has 0 aliphatic carbocycles. The van der Waals surface area contributed by atoms with Gasteiger partial charge >= 0.3 is 0 Å². The second kappa shape index (κ2) is 6.86. The van der Waals surface area contributed by atoms with Crippen LogP contribution in [0.1, 0.15) is 0 Å². The molecule has 0 saturated heterocycles. The summed E-state index contributed by atoms with van der Waals surface area (Å²) >= 11 is 12.2. The SMILES string of the molecule is CN(c1ccccc1)c1nccc(Nc2cccc(Cl)c2Cl)n1. The van der Waals surface area contributed by atoms with Gasteiger partial charge in [0, 0.05) is 18.9 Å². The van der Waals surface area contributed by atoms with Crippen LogP contribution in [0.3, 0.4) is 0 Å². The summed E-state index contributed by atoms with van der Waals surface area (Å²) in [7, 11) is 1.92. The molecule has 0 bridgehead atoms. The molecule has 0 saturated carbocycles. The lowest BCUT2D eigenvalue weighted by Gasteiger charge is -2.18. The normalized spacial score (nSPS) is 10.4. The van der Waals surface area contributed by atoms with Gasteiger partial charge in [0.25, 0.3) is 0 Å². The summed E-state index contributed by atoms with van der Waals surface area (Å²) in [6.07, 6.45) is 1.70. The summed E-state index contributed by atoms with van der Waals surface area (Å²) in [5.74, 6) is 1.22. The van der Waals surface area contributed by atoms with Gasteiger partial charge in [-0.1, -0.05) is 47.5 Å². The Labute approximate surface area is 144 Å². The Hall–Kier alpha value is -2.30. The quantitative estimate of drug-likeness (QED) is 0.697. The number of halogens is 2. The first kappa shape index (κ1) is 15.6. The molecule has 1 N–H and O–H groups in total. The van der Waals surface area contributed by atoms with Crippen molar-refractivity contribution < 1.29 is 0 Å². The lowest BCUT2D eigenvalue weighted by Crippen LogP contribution is -2.13. The Morgan fingerprint density at radius 2 is 1.74 bits per heavy atom. The smallest absolute Gasteiger partial charge is 0.231 e. The number of nitrogens with zero attached hydrogens (tertiary/aromatic N) is 3. The van der Waals surface area contributed by atoms with Crippen molar-refractivity contribution in [3.8, 4) is 0 Å². The van der Waals surface area contributed by atoms with E-state index >= 15 is 0 Å². The number of para-hydroxylation sites is 1. The van der Waals surface area contributed by atoms with Gasteiger partial charge < -0.3 is 10.2 Å². The fourth-order valence-electron chi connectivity index (χ4n) is 2.09. The van der Waals surface area contributed by atoms with Crippen molar-refractivity contribution in [3.63, 3.8) is 0 Å². The Morgan fingerprint density at radius 3 is 2.52 bits per heavy atom. The molecule has 3 aromatic rings. The maximum absolute atomic E-state index is 6.19. The summed E-state index contributed by atoms with van der Waals surface area (Å²) in [4.78, 5) is 10.7. The zero-order valence-corrected chi connectivity index (χ0v) is 13.9. The third kappa shape index (κ3) is 3.55. The molecule has 4 nitrogen and oxygen atoms in total. The summed E-state index contributed by atoms with van der Waals surface area (Å²) in [5, 5.41) is 4.12. The number of nitrogens with one attached hydrogen (secondary N) is 1. The van der Waals surface area contributed by atoms with E-state index in [1.165, 1.54) is 0 Å². The summed E-state index contributed by atoms with van der Waals surface area (Å²) in [6.45, 7) is 0. The van der Waals surface area contributed by atoms with E-state index in [2.05, 4.69) is 15.3 Å². The molecule has 0 unspecified atom stereocenters. The zero-order valence-electron chi connectivity index (χ0n) is 12.4. The number of anilines is 4. The van der Waals surface area contributed by atoms with Crippen molar-refractivity contribution in [2.75, 3.05) is 17.3 Å². The molecule has 0 radical (unpaired) electrons. The summed E-state index contributed by atoms with van der Waals surface area (Å²) in [6, 6.07) is 17.1. The molecular formula is C17H14Cl2N4. The highest BCUT2D eigenvalue weighted by molar-refractivity contribution is 6.43. The molecule has 1 heterocycles. The van der Waals surface area contributed by atoms with Crippen LogP contribution < -0.4 is 10.2 Å². The third-order valence-electron chi connectivity index (χ3n) is 3.30. The number of rotatable bonds is 4. The lowest BCUT2D eigenvalue weighted by atomic mass is 10.3. The zero-order chi connectivity index (χ0) is 16.2. The van der Waals surface area contributed by atoms with Gasteiger partial charge in [0.15, 0.2) is 0 Å². The molecule has 2 aromatic carbocycles. The molecule has 6 heteroatoms. The molecule has 116 valence electrons. The third-order valence-corrected chi connectivity index (χ3v) is 4.12. The van der Waals surface area contributed by atoms with E-state index in [1.807, 2.05) is 54.4 Å². The largest absolute Gasteiger partial charge is 0.339 e. The van der Waals surface area contributed by atoms with Crippen LogP contribution in [-0.2, 0) is 0 Å². The van der Waals surface area contributed by atoms with E-state index in [1.54, 1.807) is 18.3 Å². The van der Waals surface area contributed by atoms with Crippen molar-refractivity contribution in [2.24, 2.45) is 0 Å². The van der Waals surface area contributed by atoms with E-state index in [0.29, 0.717) is 27.5 Å². The molecule has 0 fully saturated rings. The van der Waals surface area contributed by atoms with Crippen molar-refractivity contribution in [2.45, 2.75) is 0 Å². The number of benzene rings is 2. The van der Waals surface area contributed by atoms with Gasteiger partial charge in [-0.15, -0.1) is 0 Å². The second-order valence-electron chi connectivity index (χ2n) is 4.86. The monoisotopic (exact) mass is 344 g/mol. The maximum Gasteiger partial charge on any atom is 0.231 e. The number of hydrogen-bond acceptors (Lipinski definition) is 4. The van der Waals surface area contributed by atoms with Gasteiger partial charge in [-0.3, -0.25) is 0 Å². The van der Waals surface area contributed by atoms with Crippen molar-refractivity contribution in [1.82, 2.24) is 9.97 Å². The first-order chi connectivity index (χ1) is 11.1. The van der Waals surface area contributed by atoms with Crippen LogP contribution in [0.2, 0.25) is 10.0 Å². The van der Waals surface area contributed by atoms with Crippen LogP contribution in [0, 0.1) is 0 Å². The highest BCUT2D eigenvalue weighted by Gasteiger charge is 2.09. The molecule has 0 spiro atoms. The average Bonchev–Trinajstić information content (AvgIpc) is 2.59. The molecule has 0 aliphatic rings. The molecular weight excluding hydrogens is 331 g/mol. The molecule has 23 heavy (non-hydrogen) atoms. The average molecular weight is 345 g/mol. The standard InChI is InChI=1S/C17H14Cl2N4/c1-23(12-6-3-2-4-7-12)17-20-11-10-15(22-17)21-14-9-5-8-13(18)16(14)19/h2-11H,1H3,(H,20,21,22). The lowest BCUT2D eigenvalue weighted by molar-refractivity contribution is 1.04. The number of hydrogen-bond donors (Lipinski definition) is 1. The van der Waals surface area contributed by atoms with Gasteiger partial charge in [-0.2, -0.15) is 4.98 Å². The first-order valence-electron chi connectivity index (χ1n) is 6.98. The van der Waals surface area contributed by atoms with E-state index in [4.69, 9.17) is 23.2 Å². The number of aromatic nitrogens is 2. The minimum atomic E-state index is 0.464. The highest BCUT2D eigenvalue weighted by Crippen LogP contribution is 2.31. The van der Waals surface area contributed by atoms with Gasteiger partial charge in [-0.25, -0.2) is 4.98 Å². The van der Waals surface area contributed by atoms with Gasteiger partial charge in [0.1, 0.15) is 5.82 Å². The van der Waals surface area contributed by atoms with Crippen molar-refractivity contribution >= 4 is 46.3 Å². The van der Waals surface area contributed by atoms with E-state index < -0.39 is 0 Å². The summed E-state index contributed by atoms with van der Waals surface area (Å²) < 4.78 is 0. The minimum absolute atomic E-state index is 0.464. The van der Waals surface area contributed by atoms with Crippen LogP contribution >= 0.6 is 23.2 Å². The van der Waals surface area contributed by atoms with Crippen LogP contribution in [0.5, 0.6) is 0 Å². The maximum atomic E-state index is 6.19. The topological polar surface area (TPSA) is 41.1 Å². The Kier molecular flexibility index (Phi) is 4.65. The predicted molar refractivity (Wildman–Crippen MR) is 96.3 cm³/mol. The fraction of sp³-hybridized carbons (Fsp3) is 0.0588. The van der Waals surface area contributed by atoms with Crippen LogP contribution in [-0.4, -0.2) is 17.0 Å². The van der Waals surface area contributed by atoms with Crippen LogP contribution in [0.15, 0.2) is 60.8 Å². The second-order valence-corrected chi connectivity index (χ2v) is 5.65. The Morgan fingerprint density at radius 1 is 0.957 bits per heavy atom. The Bertz CT molecular complexity index is 809. The Balaban J connectivity index is 1.87. The van der Waals surface area contributed by atoms with Crippen LogP contribution in [0.25, 0.3) is 0 Å². The fourth-order valence-corrected chi connectivity index (χ4v) is 2.43. The predicted octanol–water partition coefficient (Wildman–Crippen LogP) is 5.29. The van der Waals surface area contributed by atoms with E-state index in [9.17, 15) is 0 Å². The molecule has 1 aromatic heterocycles. The molecule has 0 aliphatic heterocycles. The first-order valence-corrected chi connectivity index (χ1v) is 7.73. The summed E-state index contributed by atoms with van der Waals surface area (Å²) in [5.41, 5.74) is 1.71.